The van der Waals surface area contributed by atoms with E-state index < -0.39 is 30.0 Å². The number of benzene rings is 1. The van der Waals surface area contributed by atoms with Crippen LogP contribution in [0.25, 0.3) is 0 Å². The fourth-order valence-electron chi connectivity index (χ4n) is 3.57. The van der Waals surface area contributed by atoms with Gasteiger partial charge in [-0.15, -0.1) is 0 Å². The summed E-state index contributed by atoms with van der Waals surface area (Å²) in [7, 11) is 0. The molecule has 1 saturated heterocycles. The van der Waals surface area contributed by atoms with Crippen LogP contribution in [0.2, 0.25) is 0 Å². The molecule has 1 fully saturated rings. The smallest absolute Gasteiger partial charge is 0.378 e. The summed E-state index contributed by atoms with van der Waals surface area (Å²) in [5.41, 5.74) is 0.593. The molecular formula is C18H18F4N4O2. The van der Waals surface area contributed by atoms with E-state index in [4.69, 9.17) is 4.74 Å². The molecule has 1 aromatic carbocycles. The Morgan fingerprint density at radius 1 is 1.18 bits per heavy atom. The highest BCUT2D eigenvalue weighted by molar-refractivity contribution is 5.99. The zero-order chi connectivity index (χ0) is 19.9. The monoisotopic (exact) mass is 398 g/mol. The highest BCUT2D eigenvalue weighted by Crippen LogP contribution is 2.44. The molecule has 0 saturated carbocycles. The number of halogens is 4. The minimum absolute atomic E-state index is 0.0272. The molecule has 2 aromatic rings. The van der Waals surface area contributed by atoms with Gasteiger partial charge in [-0.25, -0.2) is 9.07 Å². The molecule has 0 bridgehead atoms. The lowest BCUT2D eigenvalue weighted by molar-refractivity contribution is -0.173. The molecule has 150 valence electrons. The third-order valence-electron chi connectivity index (χ3n) is 5.04. The van der Waals surface area contributed by atoms with Crippen molar-refractivity contribution in [2.24, 2.45) is 0 Å². The topological polar surface area (TPSA) is 59.4 Å². The van der Waals surface area contributed by atoms with Crippen LogP contribution >= 0.6 is 0 Å². The molecule has 1 N–H and O–H groups in total. The van der Waals surface area contributed by atoms with Crippen LogP contribution in [0, 0.1) is 5.82 Å². The Balaban J connectivity index is 1.70. The Kier molecular flexibility index (Phi) is 4.74. The molecule has 1 aromatic heterocycles. The fraction of sp³-hybridized carbons (Fsp3) is 0.444. The molecule has 2 aliphatic heterocycles. The number of aromatic nitrogens is 2. The van der Waals surface area contributed by atoms with Crippen LogP contribution in [0.4, 0.5) is 23.4 Å². The second-order valence-corrected chi connectivity index (χ2v) is 6.80. The molecule has 2 atom stereocenters. The van der Waals surface area contributed by atoms with Crippen molar-refractivity contribution in [3.8, 4) is 0 Å². The van der Waals surface area contributed by atoms with Gasteiger partial charge < -0.3 is 15.0 Å². The summed E-state index contributed by atoms with van der Waals surface area (Å²) in [6.07, 6.45) is -3.68. The van der Waals surface area contributed by atoms with Crippen molar-refractivity contribution in [3.63, 3.8) is 0 Å². The second kappa shape index (κ2) is 7.08. The molecular weight excluding hydrogens is 380 g/mol. The van der Waals surface area contributed by atoms with Gasteiger partial charge in [-0.1, -0.05) is 12.1 Å². The highest BCUT2D eigenvalue weighted by Gasteiger charge is 2.47. The predicted molar refractivity (Wildman–Crippen MR) is 91.4 cm³/mol. The Labute approximate surface area is 158 Å². The van der Waals surface area contributed by atoms with Gasteiger partial charge in [0.1, 0.15) is 17.2 Å². The maximum Gasteiger partial charge on any atom is 0.410 e. The fourth-order valence-corrected chi connectivity index (χ4v) is 3.57. The summed E-state index contributed by atoms with van der Waals surface area (Å²) in [5, 5.41) is 6.86. The predicted octanol–water partition coefficient (Wildman–Crippen LogP) is 3.15. The van der Waals surface area contributed by atoms with Crippen LogP contribution in [0.15, 0.2) is 30.5 Å². The second-order valence-electron chi connectivity index (χ2n) is 6.80. The number of ether oxygens (including phenoxy) is 1. The Bertz CT molecular complexity index is 859. The van der Waals surface area contributed by atoms with Crippen LogP contribution < -0.4 is 5.32 Å². The average Bonchev–Trinajstić information content (AvgIpc) is 3.11. The van der Waals surface area contributed by atoms with E-state index in [1.54, 1.807) is 0 Å². The summed E-state index contributed by atoms with van der Waals surface area (Å²) in [6, 6.07) is 2.67. The van der Waals surface area contributed by atoms with E-state index in [9.17, 15) is 22.4 Å². The molecule has 0 spiro atoms. The number of carbonyl (C=O) groups is 1. The lowest BCUT2D eigenvalue weighted by Crippen LogP contribution is -2.41. The number of amides is 1. The number of nitrogens with zero attached hydrogens (tertiary/aromatic N) is 3. The summed E-state index contributed by atoms with van der Waals surface area (Å²) in [5.74, 6) is -0.836. The first-order valence-electron chi connectivity index (χ1n) is 8.88. The molecule has 28 heavy (non-hydrogen) atoms. The Morgan fingerprint density at radius 3 is 2.50 bits per heavy atom. The number of morpholine rings is 1. The van der Waals surface area contributed by atoms with E-state index in [0.29, 0.717) is 31.9 Å². The SMILES string of the molecule is O=C(c1cnn2c1NC(c1ccc(F)cc1)CC2C(F)(F)F)N1CCOCC1. The molecule has 2 unspecified atom stereocenters. The van der Waals surface area contributed by atoms with Gasteiger partial charge in [0, 0.05) is 19.5 Å². The van der Waals surface area contributed by atoms with Crippen molar-refractivity contribution >= 4 is 11.7 Å². The number of anilines is 1. The summed E-state index contributed by atoms with van der Waals surface area (Å²) < 4.78 is 60.3. The van der Waals surface area contributed by atoms with E-state index >= 15 is 0 Å². The molecule has 6 nitrogen and oxygen atoms in total. The number of hydrogen-bond donors (Lipinski definition) is 1. The molecule has 0 radical (unpaired) electrons. The first-order valence-corrected chi connectivity index (χ1v) is 8.88. The lowest BCUT2D eigenvalue weighted by atomic mass is 9.96. The number of alkyl halides is 3. The maximum atomic E-state index is 13.7. The van der Waals surface area contributed by atoms with Crippen LogP contribution in [0.3, 0.4) is 0 Å². The largest absolute Gasteiger partial charge is 0.410 e. The average molecular weight is 398 g/mol. The number of rotatable bonds is 2. The van der Waals surface area contributed by atoms with Crippen LogP contribution in [-0.4, -0.2) is 53.1 Å². The Hall–Kier alpha value is -2.62. The van der Waals surface area contributed by atoms with Gasteiger partial charge in [0.15, 0.2) is 6.04 Å². The minimum Gasteiger partial charge on any atom is -0.378 e. The van der Waals surface area contributed by atoms with Gasteiger partial charge in [-0.3, -0.25) is 4.79 Å². The normalized spacial score (nSPS) is 22.5. The van der Waals surface area contributed by atoms with E-state index in [2.05, 4.69) is 10.4 Å². The minimum atomic E-state index is -4.54. The van der Waals surface area contributed by atoms with E-state index in [-0.39, 0.29) is 17.8 Å². The van der Waals surface area contributed by atoms with Gasteiger partial charge >= 0.3 is 6.18 Å². The van der Waals surface area contributed by atoms with Gasteiger partial charge in [0.25, 0.3) is 5.91 Å². The molecule has 1 amide bonds. The van der Waals surface area contributed by atoms with Gasteiger partial charge in [0.05, 0.1) is 25.5 Å². The third kappa shape index (κ3) is 3.44. The summed E-state index contributed by atoms with van der Waals surface area (Å²) in [6.45, 7) is 1.50. The summed E-state index contributed by atoms with van der Waals surface area (Å²) in [4.78, 5) is 14.4. The highest BCUT2D eigenvalue weighted by atomic mass is 19.4. The van der Waals surface area contributed by atoms with Crippen LogP contribution in [0.1, 0.15) is 34.4 Å². The number of carbonyl (C=O) groups excluding carboxylic acids is 1. The van der Waals surface area contributed by atoms with E-state index in [1.165, 1.54) is 35.4 Å². The molecule has 2 aliphatic rings. The van der Waals surface area contributed by atoms with E-state index in [1.807, 2.05) is 0 Å². The third-order valence-corrected chi connectivity index (χ3v) is 5.04. The quantitative estimate of drug-likeness (QED) is 0.790. The van der Waals surface area contributed by atoms with Crippen molar-refractivity contribution in [1.29, 1.82) is 0 Å². The standard InChI is InChI=1S/C18H18F4N4O2/c19-12-3-1-11(2-4-12)14-9-15(18(20,21)22)26-16(24-14)13(10-23-26)17(27)25-5-7-28-8-6-25/h1-4,10,14-15,24H,5-9H2. The van der Waals surface area contributed by atoms with Crippen LogP contribution in [-0.2, 0) is 4.74 Å². The first kappa shape index (κ1) is 18.7. The lowest BCUT2D eigenvalue weighted by Gasteiger charge is -2.34. The molecule has 10 heteroatoms. The van der Waals surface area contributed by atoms with Crippen LogP contribution in [0.5, 0.6) is 0 Å². The molecule has 4 rings (SSSR count). The number of fused-ring (bicyclic) bond motifs is 1. The zero-order valence-corrected chi connectivity index (χ0v) is 14.7. The number of nitrogens with one attached hydrogen (secondary N) is 1. The van der Waals surface area contributed by atoms with Gasteiger partial charge in [-0.05, 0) is 17.7 Å². The molecule has 0 aliphatic carbocycles. The number of hydrogen-bond acceptors (Lipinski definition) is 4. The molecule has 3 heterocycles. The van der Waals surface area contributed by atoms with E-state index in [0.717, 1.165) is 4.68 Å². The van der Waals surface area contributed by atoms with Crippen molar-refractivity contribution in [2.75, 3.05) is 31.6 Å². The zero-order valence-electron chi connectivity index (χ0n) is 14.7. The van der Waals surface area contributed by atoms with Crippen molar-refractivity contribution < 1.29 is 27.1 Å². The van der Waals surface area contributed by atoms with Gasteiger partial charge in [0.2, 0.25) is 0 Å². The van der Waals surface area contributed by atoms with Crippen molar-refractivity contribution in [1.82, 2.24) is 14.7 Å². The van der Waals surface area contributed by atoms with Gasteiger partial charge in [-0.2, -0.15) is 18.3 Å². The van der Waals surface area contributed by atoms with Crippen molar-refractivity contribution in [2.45, 2.75) is 24.7 Å². The maximum absolute atomic E-state index is 13.7. The Morgan fingerprint density at radius 2 is 1.86 bits per heavy atom. The van der Waals surface area contributed by atoms with Crippen molar-refractivity contribution in [3.05, 3.63) is 47.4 Å². The summed E-state index contributed by atoms with van der Waals surface area (Å²) >= 11 is 0. The first-order chi connectivity index (χ1) is 13.3.